The largest absolute Gasteiger partial charge is 0.497 e. The standard InChI is InChI=1S/C17H28N4O3/c1-4-24-13-5-10-20-17(18-2)21-12-11-19-16(22)14-6-8-15(23-3)9-7-14/h6-9H,4-5,10-13H2,1-3H3,(H,19,22)(H2,18,20,21). The molecule has 0 heterocycles. The lowest BCUT2D eigenvalue weighted by atomic mass is 10.2. The first kappa shape index (κ1) is 19.8. The average Bonchev–Trinajstić information content (AvgIpc) is 2.63. The Morgan fingerprint density at radius 3 is 2.38 bits per heavy atom. The quantitative estimate of drug-likeness (QED) is 0.337. The molecule has 0 spiro atoms. The zero-order valence-electron chi connectivity index (χ0n) is 14.7. The molecular weight excluding hydrogens is 308 g/mol. The van der Waals surface area contributed by atoms with Crippen LogP contribution in [0.3, 0.4) is 0 Å². The van der Waals surface area contributed by atoms with Gasteiger partial charge in [-0.3, -0.25) is 9.79 Å². The van der Waals surface area contributed by atoms with E-state index in [9.17, 15) is 4.79 Å². The van der Waals surface area contributed by atoms with E-state index in [1.807, 2.05) is 6.92 Å². The molecule has 0 aliphatic rings. The van der Waals surface area contributed by atoms with Crippen molar-refractivity contribution < 1.29 is 14.3 Å². The van der Waals surface area contributed by atoms with Crippen LogP contribution in [0.25, 0.3) is 0 Å². The molecule has 134 valence electrons. The summed E-state index contributed by atoms with van der Waals surface area (Å²) in [6.07, 6.45) is 0.919. The number of hydrogen-bond donors (Lipinski definition) is 3. The van der Waals surface area contributed by atoms with Gasteiger partial charge in [0.1, 0.15) is 5.75 Å². The van der Waals surface area contributed by atoms with Crippen molar-refractivity contribution in [2.24, 2.45) is 4.99 Å². The molecule has 1 rings (SSSR count). The molecule has 0 fully saturated rings. The van der Waals surface area contributed by atoms with E-state index in [0.717, 1.165) is 31.9 Å². The number of hydrogen-bond acceptors (Lipinski definition) is 4. The summed E-state index contributed by atoms with van der Waals surface area (Å²) in [6.45, 7) is 5.34. The molecule has 0 bridgehead atoms. The summed E-state index contributed by atoms with van der Waals surface area (Å²) in [5.41, 5.74) is 0.606. The number of rotatable bonds is 10. The van der Waals surface area contributed by atoms with Crippen LogP contribution in [0.4, 0.5) is 0 Å². The Morgan fingerprint density at radius 2 is 1.75 bits per heavy atom. The maximum absolute atomic E-state index is 12.0. The second-order valence-electron chi connectivity index (χ2n) is 4.96. The van der Waals surface area contributed by atoms with Crippen molar-refractivity contribution in [2.75, 3.05) is 47.0 Å². The topological polar surface area (TPSA) is 84.0 Å². The lowest BCUT2D eigenvalue weighted by Gasteiger charge is -2.12. The van der Waals surface area contributed by atoms with Crippen LogP contribution >= 0.6 is 0 Å². The number of carbonyl (C=O) groups excluding carboxylic acids is 1. The second-order valence-corrected chi connectivity index (χ2v) is 4.96. The van der Waals surface area contributed by atoms with Crippen molar-refractivity contribution in [3.05, 3.63) is 29.8 Å². The molecule has 24 heavy (non-hydrogen) atoms. The highest BCUT2D eigenvalue weighted by Gasteiger charge is 2.04. The third-order valence-corrected chi connectivity index (χ3v) is 3.24. The summed E-state index contributed by atoms with van der Waals surface area (Å²) in [4.78, 5) is 16.1. The molecule has 0 aliphatic carbocycles. The van der Waals surface area contributed by atoms with E-state index in [2.05, 4.69) is 20.9 Å². The summed E-state index contributed by atoms with van der Waals surface area (Å²) < 4.78 is 10.3. The number of methoxy groups -OCH3 is 1. The van der Waals surface area contributed by atoms with Crippen LogP contribution in [0.1, 0.15) is 23.7 Å². The number of aliphatic imine (C=N–C) groups is 1. The van der Waals surface area contributed by atoms with E-state index in [1.165, 1.54) is 0 Å². The molecule has 7 heteroatoms. The van der Waals surface area contributed by atoms with Gasteiger partial charge in [-0.1, -0.05) is 0 Å². The molecule has 0 aliphatic heterocycles. The molecule has 0 atom stereocenters. The predicted molar refractivity (Wildman–Crippen MR) is 95.8 cm³/mol. The van der Waals surface area contributed by atoms with Crippen LogP contribution in [0.5, 0.6) is 5.75 Å². The average molecular weight is 336 g/mol. The maximum Gasteiger partial charge on any atom is 0.251 e. The summed E-state index contributed by atoms with van der Waals surface area (Å²) >= 11 is 0. The Kier molecular flexibility index (Phi) is 10.0. The van der Waals surface area contributed by atoms with Gasteiger partial charge in [-0.2, -0.15) is 0 Å². The molecular formula is C17H28N4O3. The van der Waals surface area contributed by atoms with Crippen LogP contribution < -0.4 is 20.7 Å². The first-order valence-corrected chi connectivity index (χ1v) is 8.15. The van der Waals surface area contributed by atoms with Crippen molar-refractivity contribution in [1.82, 2.24) is 16.0 Å². The van der Waals surface area contributed by atoms with Gasteiger partial charge in [-0.15, -0.1) is 0 Å². The highest BCUT2D eigenvalue weighted by Crippen LogP contribution is 2.10. The highest BCUT2D eigenvalue weighted by atomic mass is 16.5. The Labute approximate surface area is 143 Å². The van der Waals surface area contributed by atoms with E-state index in [-0.39, 0.29) is 5.91 Å². The number of nitrogens with one attached hydrogen (secondary N) is 3. The molecule has 1 amide bonds. The molecule has 7 nitrogen and oxygen atoms in total. The van der Waals surface area contributed by atoms with Crippen LogP contribution in [0.2, 0.25) is 0 Å². The minimum Gasteiger partial charge on any atom is -0.497 e. The minimum absolute atomic E-state index is 0.112. The van der Waals surface area contributed by atoms with Crippen LogP contribution in [-0.2, 0) is 4.74 Å². The van der Waals surface area contributed by atoms with E-state index in [0.29, 0.717) is 24.6 Å². The van der Waals surface area contributed by atoms with Gasteiger partial charge in [0, 0.05) is 45.5 Å². The molecule has 0 radical (unpaired) electrons. The van der Waals surface area contributed by atoms with Gasteiger partial charge in [-0.25, -0.2) is 0 Å². The van der Waals surface area contributed by atoms with Gasteiger partial charge < -0.3 is 25.4 Å². The fraction of sp³-hybridized carbons (Fsp3) is 0.529. The molecule has 1 aromatic rings. The van der Waals surface area contributed by atoms with Crippen molar-refractivity contribution in [3.63, 3.8) is 0 Å². The lowest BCUT2D eigenvalue weighted by Crippen LogP contribution is -2.42. The normalized spacial score (nSPS) is 11.0. The van der Waals surface area contributed by atoms with Gasteiger partial charge in [0.15, 0.2) is 5.96 Å². The monoisotopic (exact) mass is 336 g/mol. The second kappa shape index (κ2) is 12.2. The molecule has 0 saturated carbocycles. The van der Waals surface area contributed by atoms with Gasteiger partial charge in [0.2, 0.25) is 0 Å². The Bertz CT molecular complexity index is 503. The van der Waals surface area contributed by atoms with Crippen molar-refractivity contribution >= 4 is 11.9 Å². The maximum atomic E-state index is 12.0. The first-order chi connectivity index (χ1) is 11.7. The molecule has 0 unspecified atom stereocenters. The third-order valence-electron chi connectivity index (χ3n) is 3.24. The summed E-state index contributed by atoms with van der Waals surface area (Å²) in [5, 5.41) is 9.20. The smallest absolute Gasteiger partial charge is 0.251 e. The molecule has 0 saturated heterocycles. The SMILES string of the molecule is CCOCCCNC(=NC)NCCNC(=O)c1ccc(OC)cc1. The number of amides is 1. The Hall–Kier alpha value is -2.28. The molecule has 0 aromatic heterocycles. The highest BCUT2D eigenvalue weighted by molar-refractivity contribution is 5.94. The Morgan fingerprint density at radius 1 is 1.08 bits per heavy atom. The minimum atomic E-state index is -0.112. The zero-order valence-corrected chi connectivity index (χ0v) is 14.7. The molecule has 1 aromatic carbocycles. The lowest BCUT2D eigenvalue weighted by molar-refractivity contribution is 0.0954. The third kappa shape index (κ3) is 7.82. The summed E-state index contributed by atoms with van der Waals surface area (Å²) in [5.74, 6) is 1.33. The number of nitrogens with zero attached hydrogens (tertiary/aromatic N) is 1. The van der Waals surface area contributed by atoms with E-state index >= 15 is 0 Å². The summed E-state index contributed by atoms with van der Waals surface area (Å²) in [7, 11) is 3.31. The van der Waals surface area contributed by atoms with Gasteiger partial charge in [0.05, 0.1) is 7.11 Å². The number of benzene rings is 1. The molecule has 3 N–H and O–H groups in total. The number of carbonyl (C=O) groups is 1. The van der Waals surface area contributed by atoms with Gasteiger partial charge in [-0.05, 0) is 37.6 Å². The van der Waals surface area contributed by atoms with Crippen LogP contribution in [0.15, 0.2) is 29.3 Å². The Balaban J connectivity index is 2.19. The van der Waals surface area contributed by atoms with E-state index in [4.69, 9.17) is 9.47 Å². The van der Waals surface area contributed by atoms with Crippen molar-refractivity contribution in [1.29, 1.82) is 0 Å². The van der Waals surface area contributed by atoms with Crippen LogP contribution in [0, 0.1) is 0 Å². The number of guanidine groups is 1. The van der Waals surface area contributed by atoms with Crippen LogP contribution in [-0.4, -0.2) is 58.9 Å². The predicted octanol–water partition coefficient (Wildman–Crippen LogP) is 1.02. The van der Waals surface area contributed by atoms with Gasteiger partial charge >= 0.3 is 0 Å². The summed E-state index contributed by atoms with van der Waals surface area (Å²) in [6, 6.07) is 7.00. The van der Waals surface area contributed by atoms with E-state index < -0.39 is 0 Å². The fourth-order valence-corrected chi connectivity index (χ4v) is 1.95. The van der Waals surface area contributed by atoms with Crippen molar-refractivity contribution in [2.45, 2.75) is 13.3 Å². The fourth-order valence-electron chi connectivity index (χ4n) is 1.95. The van der Waals surface area contributed by atoms with Gasteiger partial charge in [0.25, 0.3) is 5.91 Å². The zero-order chi connectivity index (χ0) is 17.6. The van der Waals surface area contributed by atoms with Crippen molar-refractivity contribution in [3.8, 4) is 5.75 Å². The first-order valence-electron chi connectivity index (χ1n) is 8.15. The number of ether oxygens (including phenoxy) is 2. The van der Waals surface area contributed by atoms with E-state index in [1.54, 1.807) is 38.4 Å².